The summed E-state index contributed by atoms with van der Waals surface area (Å²) in [6, 6.07) is 0. The molecule has 0 bridgehead atoms. The van der Waals surface area contributed by atoms with Gasteiger partial charge in [0.1, 0.15) is 0 Å². The molecular formula is C12H30NO3Si+. The molecule has 0 saturated heterocycles. The predicted molar refractivity (Wildman–Crippen MR) is 72.7 cm³/mol. The second kappa shape index (κ2) is 7.48. The fourth-order valence-corrected chi connectivity index (χ4v) is 6.00. The van der Waals surface area contributed by atoms with Gasteiger partial charge in [0.25, 0.3) is 0 Å². The molecule has 0 radical (unpaired) electrons. The zero-order valence-corrected chi connectivity index (χ0v) is 13.6. The van der Waals surface area contributed by atoms with Gasteiger partial charge in [-0.15, -0.1) is 0 Å². The molecule has 0 heterocycles. The standard InChI is InChI=1S/C12H30NO3Si/c1-8-12(13(9-2,10-3)11-4)17(14-5,15-6)16-7/h12H,8-11H2,1-7H3/q+1. The molecule has 0 aliphatic carbocycles. The van der Waals surface area contributed by atoms with Gasteiger partial charge in [0.15, 0.2) is 5.67 Å². The maximum atomic E-state index is 5.68. The van der Waals surface area contributed by atoms with Crippen molar-refractivity contribution in [2.45, 2.75) is 39.8 Å². The van der Waals surface area contributed by atoms with E-state index in [0.717, 1.165) is 30.5 Å². The molecule has 0 aromatic rings. The van der Waals surface area contributed by atoms with E-state index in [2.05, 4.69) is 27.7 Å². The van der Waals surface area contributed by atoms with Gasteiger partial charge in [-0.3, -0.25) is 0 Å². The van der Waals surface area contributed by atoms with Crippen LogP contribution < -0.4 is 0 Å². The van der Waals surface area contributed by atoms with Crippen LogP contribution in [0.2, 0.25) is 0 Å². The number of rotatable bonds is 9. The number of hydrogen-bond acceptors (Lipinski definition) is 3. The lowest BCUT2D eigenvalue weighted by Gasteiger charge is -2.47. The second-order valence-corrected chi connectivity index (χ2v) is 7.41. The van der Waals surface area contributed by atoms with Crippen molar-refractivity contribution in [2.24, 2.45) is 0 Å². The largest absolute Gasteiger partial charge is 0.561 e. The predicted octanol–water partition coefficient (Wildman–Crippen LogP) is 2.06. The van der Waals surface area contributed by atoms with E-state index in [1.54, 1.807) is 21.3 Å². The maximum absolute atomic E-state index is 5.68. The molecule has 1 unspecified atom stereocenters. The van der Waals surface area contributed by atoms with E-state index >= 15 is 0 Å². The SMILES string of the molecule is CCC([N+](CC)(CC)CC)[Si](OC)(OC)OC. The lowest BCUT2D eigenvalue weighted by Crippen LogP contribution is -2.69. The molecule has 0 aromatic carbocycles. The minimum absolute atomic E-state index is 0.308. The first-order valence-corrected chi connectivity index (χ1v) is 8.37. The summed E-state index contributed by atoms with van der Waals surface area (Å²) in [6.45, 7) is 12.1. The van der Waals surface area contributed by atoms with Crippen LogP contribution in [-0.2, 0) is 13.3 Å². The average molecular weight is 264 g/mol. The van der Waals surface area contributed by atoms with Crippen LogP contribution in [-0.4, -0.2) is 59.9 Å². The highest BCUT2D eigenvalue weighted by Gasteiger charge is 2.56. The molecule has 0 rings (SSSR count). The molecule has 0 fully saturated rings. The first-order chi connectivity index (χ1) is 8.06. The third-order valence-corrected chi connectivity index (χ3v) is 7.68. The fraction of sp³-hybridized carbons (Fsp3) is 1.00. The van der Waals surface area contributed by atoms with E-state index in [1.807, 2.05) is 0 Å². The summed E-state index contributed by atoms with van der Waals surface area (Å²) in [5.74, 6) is 0. The van der Waals surface area contributed by atoms with Crippen molar-refractivity contribution >= 4 is 8.80 Å². The van der Waals surface area contributed by atoms with Gasteiger partial charge in [0, 0.05) is 27.8 Å². The van der Waals surface area contributed by atoms with Gasteiger partial charge >= 0.3 is 8.80 Å². The van der Waals surface area contributed by atoms with Gasteiger partial charge in [0.2, 0.25) is 0 Å². The molecule has 0 aromatic heterocycles. The van der Waals surface area contributed by atoms with Crippen LogP contribution in [0.1, 0.15) is 34.1 Å². The van der Waals surface area contributed by atoms with Crippen LogP contribution in [0, 0.1) is 0 Å². The van der Waals surface area contributed by atoms with Crippen molar-refractivity contribution in [2.75, 3.05) is 41.0 Å². The highest BCUT2D eigenvalue weighted by atomic mass is 28.4. The summed E-state index contributed by atoms with van der Waals surface area (Å²) in [7, 11) is 2.54. The molecule has 104 valence electrons. The minimum Gasteiger partial charge on any atom is -0.373 e. The number of quaternary nitrogens is 1. The van der Waals surface area contributed by atoms with E-state index in [-0.39, 0.29) is 0 Å². The summed E-state index contributed by atoms with van der Waals surface area (Å²) in [4.78, 5) is 0. The topological polar surface area (TPSA) is 27.7 Å². The van der Waals surface area contributed by atoms with E-state index in [9.17, 15) is 0 Å². The monoisotopic (exact) mass is 264 g/mol. The molecule has 0 amide bonds. The summed E-state index contributed by atoms with van der Waals surface area (Å²) in [5, 5.41) is 0. The van der Waals surface area contributed by atoms with E-state index in [1.165, 1.54) is 0 Å². The first kappa shape index (κ1) is 17.1. The first-order valence-electron chi connectivity index (χ1n) is 6.57. The Hall–Kier alpha value is 0.0569. The Morgan fingerprint density at radius 3 is 1.35 bits per heavy atom. The Morgan fingerprint density at radius 2 is 1.18 bits per heavy atom. The third-order valence-electron chi connectivity index (χ3n) is 4.20. The smallest absolute Gasteiger partial charge is 0.373 e. The average Bonchev–Trinajstić information content (AvgIpc) is 2.40. The number of hydrogen-bond donors (Lipinski definition) is 0. The van der Waals surface area contributed by atoms with Crippen LogP contribution in [0.25, 0.3) is 0 Å². The van der Waals surface area contributed by atoms with Gasteiger partial charge in [-0.25, -0.2) is 0 Å². The van der Waals surface area contributed by atoms with E-state index in [0.29, 0.717) is 5.67 Å². The Balaban J connectivity index is 5.39. The summed E-state index contributed by atoms with van der Waals surface area (Å²) in [6.07, 6.45) is 1.01. The Labute approximate surface area is 108 Å². The molecule has 0 saturated carbocycles. The van der Waals surface area contributed by atoms with Crippen molar-refractivity contribution in [1.29, 1.82) is 0 Å². The molecule has 5 heteroatoms. The Bertz CT molecular complexity index is 169. The lowest BCUT2D eigenvalue weighted by atomic mass is 10.3. The highest BCUT2D eigenvalue weighted by molar-refractivity contribution is 6.62. The zero-order valence-electron chi connectivity index (χ0n) is 12.6. The minimum atomic E-state index is -2.57. The Morgan fingerprint density at radius 1 is 0.824 bits per heavy atom. The van der Waals surface area contributed by atoms with Crippen molar-refractivity contribution in [3.63, 3.8) is 0 Å². The van der Waals surface area contributed by atoms with Gasteiger partial charge in [0.05, 0.1) is 19.6 Å². The summed E-state index contributed by atoms with van der Waals surface area (Å²) < 4.78 is 18.0. The quantitative estimate of drug-likeness (QED) is 0.471. The molecule has 17 heavy (non-hydrogen) atoms. The van der Waals surface area contributed by atoms with Crippen molar-refractivity contribution in [3.05, 3.63) is 0 Å². The van der Waals surface area contributed by atoms with Crippen LogP contribution in [0.3, 0.4) is 0 Å². The van der Waals surface area contributed by atoms with Crippen molar-refractivity contribution in [3.8, 4) is 0 Å². The highest BCUT2D eigenvalue weighted by Crippen LogP contribution is 2.27. The molecular weight excluding hydrogens is 234 g/mol. The van der Waals surface area contributed by atoms with E-state index < -0.39 is 8.80 Å². The molecule has 0 N–H and O–H groups in total. The molecule has 0 aliphatic heterocycles. The van der Waals surface area contributed by atoms with Gasteiger partial charge in [-0.2, -0.15) is 0 Å². The van der Waals surface area contributed by atoms with Crippen molar-refractivity contribution < 1.29 is 17.8 Å². The fourth-order valence-electron chi connectivity index (χ4n) is 2.96. The zero-order chi connectivity index (χ0) is 13.5. The van der Waals surface area contributed by atoms with Crippen LogP contribution >= 0.6 is 0 Å². The van der Waals surface area contributed by atoms with Crippen LogP contribution in [0.4, 0.5) is 0 Å². The van der Waals surface area contributed by atoms with Gasteiger partial charge in [-0.05, 0) is 20.8 Å². The van der Waals surface area contributed by atoms with Crippen LogP contribution in [0.5, 0.6) is 0 Å². The molecule has 1 atom stereocenters. The normalized spacial score (nSPS) is 15.0. The molecule has 0 aliphatic rings. The van der Waals surface area contributed by atoms with Crippen LogP contribution in [0.15, 0.2) is 0 Å². The maximum Gasteiger partial charge on any atom is 0.561 e. The molecule has 4 nitrogen and oxygen atoms in total. The second-order valence-electron chi connectivity index (χ2n) is 4.31. The lowest BCUT2D eigenvalue weighted by molar-refractivity contribution is -0.938. The number of nitrogens with zero attached hydrogens (tertiary/aromatic N) is 1. The molecule has 0 spiro atoms. The Kier molecular flexibility index (Phi) is 7.51. The van der Waals surface area contributed by atoms with Crippen molar-refractivity contribution in [1.82, 2.24) is 0 Å². The van der Waals surface area contributed by atoms with E-state index in [4.69, 9.17) is 13.3 Å². The van der Waals surface area contributed by atoms with Gasteiger partial charge < -0.3 is 17.8 Å². The third kappa shape index (κ3) is 3.09. The summed E-state index contributed by atoms with van der Waals surface area (Å²) in [5.41, 5.74) is 0.308. The van der Waals surface area contributed by atoms with Gasteiger partial charge in [-0.1, -0.05) is 6.92 Å². The summed E-state index contributed by atoms with van der Waals surface area (Å²) >= 11 is 0.